The van der Waals surface area contributed by atoms with Gasteiger partial charge in [0.25, 0.3) is 0 Å². The zero-order chi connectivity index (χ0) is 16.4. The first kappa shape index (κ1) is 16.3. The summed E-state index contributed by atoms with van der Waals surface area (Å²) in [6.45, 7) is 0.211. The van der Waals surface area contributed by atoms with Crippen LogP contribution in [0.1, 0.15) is 24.0 Å². The van der Waals surface area contributed by atoms with Crippen molar-refractivity contribution in [3.05, 3.63) is 69.5 Å². The Kier molecular flexibility index (Phi) is 4.88. The number of carbonyl (C=O) groups is 1. The van der Waals surface area contributed by atoms with Crippen LogP contribution in [-0.4, -0.2) is 16.8 Å². The Morgan fingerprint density at radius 2 is 1.83 bits per heavy atom. The van der Waals surface area contributed by atoms with Crippen molar-refractivity contribution in [1.29, 1.82) is 0 Å². The molecule has 0 spiro atoms. The second kappa shape index (κ2) is 6.90. The summed E-state index contributed by atoms with van der Waals surface area (Å²) in [6.07, 6.45) is 2.19. The predicted octanol–water partition coefficient (Wildman–Crippen LogP) is 4.87. The van der Waals surface area contributed by atoms with Gasteiger partial charge in [0.2, 0.25) is 5.91 Å². The number of benzene rings is 2. The van der Waals surface area contributed by atoms with Crippen molar-refractivity contribution in [3.63, 3.8) is 0 Å². The molecule has 0 N–H and O–H groups in total. The smallest absolute Gasteiger partial charge is 0.227 e. The molecule has 0 aliphatic heterocycles. The molecule has 1 aliphatic carbocycles. The minimum Gasteiger partial charge on any atom is -0.335 e. The molecule has 0 unspecified atom stereocenters. The van der Waals surface area contributed by atoms with E-state index in [2.05, 4.69) is 0 Å². The van der Waals surface area contributed by atoms with Crippen LogP contribution in [-0.2, 0) is 17.8 Å². The molecule has 0 atom stereocenters. The number of amides is 1. The van der Waals surface area contributed by atoms with Gasteiger partial charge in [0, 0.05) is 21.7 Å². The highest BCUT2D eigenvalue weighted by molar-refractivity contribution is 6.31. The minimum atomic E-state index is -0.373. The Morgan fingerprint density at radius 1 is 1.13 bits per heavy atom. The average molecular weight is 352 g/mol. The lowest BCUT2D eigenvalue weighted by atomic mass is 10.1. The van der Waals surface area contributed by atoms with Crippen molar-refractivity contribution in [2.75, 3.05) is 0 Å². The number of carbonyl (C=O) groups excluding carboxylic acids is 1. The maximum Gasteiger partial charge on any atom is 0.227 e. The van der Waals surface area contributed by atoms with E-state index in [1.54, 1.807) is 29.2 Å². The van der Waals surface area contributed by atoms with Crippen LogP contribution in [0.4, 0.5) is 4.39 Å². The minimum absolute atomic E-state index is 0.0193. The molecule has 1 aliphatic rings. The van der Waals surface area contributed by atoms with Crippen molar-refractivity contribution in [2.45, 2.75) is 31.8 Å². The molecule has 0 saturated heterocycles. The second-order valence-corrected chi connectivity index (χ2v) is 6.60. The molecule has 0 aromatic heterocycles. The first-order valence-corrected chi connectivity index (χ1v) is 8.27. The van der Waals surface area contributed by atoms with E-state index in [0.29, 0.717) is 15.6 Å². The standard InChI is InChI=1S/C18H16Cl2FNO/c19-13-6-4-12(5-7-13)10-18(23)22(14-8-9-14)11-15-16(20)2-1-3-17(15)21/h1-7,14H,8-11H2. The van der Waals surface area contributed by atoms with E-state index in [1.165, 1.54) is 6.07 Å². The zero-order valence-corrected chi connectivity index (χ0v) is 13.9. The molecule has 2 aromatic rings. The highest BCUT2D eigenvalue weighted by atomic mass is 35.5. The Bertz CT molecular complexity index is 693. The van der Waals surface area contributed by atoms with Crippen molar-refractivity contribution >= 4 is 29.1 Å². The van der Waals surface area contributed by atoms with E-state index in [4.69, 9.17) is 23.2 Å². The predicted molar refractivity (Wildman–Crippen MR) is 90.1 cm³/mol. The normalized spacial score (nSPS) is 13.9. The van der Waals surface area contributed by atoms with Crippen LogP contribution < -0.4 is 0 Å². The maximum atomic E-state index is 14.0. The van der Waals surface area contributed by atoms with Crippen LogP contribution >= 0.6 is 23.2 Å². The van der Waals surface area contributed by atoms with Crippen LogP contribution in [0.25, 0.3) is 0 Å². The van der Waals surface area contributed by atoms with Gasteiger partial charge in [-0.1, -0.05) is 41.4 Å². The van der Waals surface area contributed by atoms with Gasteiger partial charge in [-0.3, -0.25) is 4.79 Å². The number of hydrogen-bond acceptors (Lipinski definition) is 1. The summed E-state index contributed by atoms with van der Waals surface area (Å²) in [4.78, 5) is 14.4. The largest absolute Gasteiger partial charge is 0.335 e. The first-order chi connectivity index (χ1) is 11.0. The van der Waals surface area contributed by atoms with Gasteiger partial charge in [0.05, 0.1) is 13.0 Å². The molecule has 0 radical (unpaired) electrons. The molecule has 2 nitrogen and oxygen atoms in total. The summed E-state index contributed by atoms with van der Waals surface area (Å²) >= 11 is 12.0. The van der Waals surface area contributed by atoms with Crippen molar-refractivity contribution in [3.8, 4) is 0 Å². The summed E-state index contributed by atoms with van der Waals surface area (Å²) < 4.78 is 14.0. The Labute approximate surface area is 144 Å². The third kappa shape index (κ3) is 4.04. The summed E-state index contributed by atoms with van der Waals surface area (Å²) in [5.74, 6) is -0.392. The quantitative estimate of drug-likeness (QED) is 0.752. The Hall–Kier alpha value is -1.58. The summed E-state index contributed by atoms with van der Waals surface area (Å²) in [5.41, 5.74) is 1.27. The number of halogens is 3. The lowest BCUT2D eigenvalue weighted by molar-refractivity contribution is -0.131. The molecule has 1 fully saturated rings. The molecule has 0 bridgehead atoms. The van der Waals surface area contributed by atoms with E-state index in [0.717, 1.165) is 18.4 Å². The maximum absolute atomic E-state index is 14.0. The SMILES string of the molecule is O=C(Cc1ccc(Cl)cc1)N(Cc1c(F)cccc1Cl)C1CC1. The Morgan fingerprint density at radius 3 is 2.43 bits per heavy atom. The molecule has 3 rings (SSSR count). The second-order valence-electron chi connectivity index (χ2n) is 5.76. The van der Waals surface area contributed by atoms with Crippen LogP contribution in [0.15, 0.2) is 42.5 Å². The zero-order valence-electron chi connectivity index (χ0n) is 12.4. The summed E-state index contributed by atoms with van der Waals surface area (Å²) in [5, 5.41) is 0.994. The van der Waals surface area contributed by atoms with Crippen molar-refractivity contribution in [2.24, 2.45) is 0 Å². The lowest BCUT2D eigenvalue weighted by Crippen LogP contribution is -2.34. The fourth-order valence-electron chi connectivity index (χ4n) is 2.54. The van der Waals surface area contributed by atoms with E-state index in [-0.39, 0.29) is 30.7 Å². The van der Waals surface area contributed by atoms with Crippen LogP contribution in [0.3, 0.4) is 0 Å². The molecular formula is C18H16Cl2FNO. The number of nitrogens with zero attached hydrogens (tertiary/aromatic N) is 1. The van der Waals surface area contributed by atoms with Gasteiger partial charge in [-0.25, -0.2) is 4.39 Å². The third-order valence-corrected chi connectivity index (χ3v) is 4.57. The molecule has 23 heavy (non-hydrogen) atoms. The third-order valence-electron chi connectivity index (χ3n) is 3.97. The monoisotopic (exact) mass is 351 g/mol. The van der Waals surface area contributed by atoms with Crippen LogP contribution in [0.5, 0.6) is 0 Å². The lowest BCUT2D eigenvalue weighted by Gasteiger charge is -2.23. The number of hydrogen-bond donors (Lipinski definition) is 0. The van der Waals surface area contributed by atoms with Crippen molar-refractivity contribution < 1.29 is 9.18 Å². The topological polar surface area (TPSA) is 20.3 Å². The number of rotatable bonds is 5. The molecule has 1 amide bonds. The van der Waals surface area contributed by atoms with Gasteiger partial charge in [-0.15, -0.1) is 0 Å². The first-order valence-electron chi connectivity index (χ1n) is 7.51. The van der Waals surface area contributed by atoms with Gasteiger partial charge in [0.15, 0.2) is 0 Å². The molecule has 120 valence electrons. The molecule has 5 heteroatoms. The molecular weight excluding hydrogens is 336 g/mol. The van der Waals surface area contributed by atoms with Crippen LogP contribution in [0.2, 0.25) is 10.0 Å². The summed E-state index contributed by atoms with van der Waals surface area (Å²) in [6, 6.07) is 12.0. The molecule has 1 saturated carbocycles. The van der Waals surface area contributed by atoms with Gasteiger partial charge < -0.3 is 4.90 Å². The van der Waals surface area contributed by atoms with Gasteiger partial charge in [-0.05, 0) is 42.7 Å². The Balaban J connectivity index is 1.76. The average Bonchev–Trinajstić information content (AvgIpc) is 3.34. The van der Waals surface area contributed by atoms with Gasteiger partial charge in [-0.2, -0.15) is 0 Å². The fraction of sp³-hybridized carbons (Fsp3) is 0.278. The van der Waals surface area contributed by atoms with Gasteiger partial charge >= 0.3 is 0 Å². The van der Waals surface area contributed by atoms with Crippen LogP contribution in [0, 0.1) is 5.82 Å². The molecule has 0 heterocycles. The van der Waals surface area contributed by atoms with Gasteiger partial charge in [0.1, 0.15) is 5.82 Å². The van der Waals surface area contributed by atoms with Crippen molar-refractivity contribution in [1.82, 2.24) is 4.90 Å². The fourth-order valence-corrected chi connectivity index (χ4v) is 2.89. The van der Waals surface area contributed by atoms with E-state index in [1.807, 2.05) is 12.1 Å². The van der Waals surface area contributed by atoms with E-state index in [9.17, 15) is 9.18 Å². The van der Waals surface area contributed by atoms with E-state index >= 15 is 0 Å². The summed E-state index contributed by atoms with van der Waals surface area (Å²) in [7, 11) is 0. The highest BCUT2D eigenvalue weighted by Gasteiger charge is 2.33. The van der Waals surface area contributed by atoms with E-state index < -0.39 is 0 Å². The highest BCUT2D eigenvalue weighted by Crippen LogP contribution is 2.31. The molecule has 2 aromatic carbocycles.